The van der Waals surface area contributed by atoms with Crippen molar-refractivity contribution in [3.05, 3.63) is 28.3 Å². The van der Waals surface area contributed by atoms with Gasteiger partial charge in [-0.25, -0.2) is 0 Å². The SMILES string of the molecule is O=[N+]([O-])c1cc(NC(=S)NC2CCCCC2)cc(OCC(F)(F)F)c1. The van der Waals surface area contributed by atoms with E-state index >= 15 is 0 Å². The number of hydrogen-bond donors (Lipinski definition) is 2. The smallest absolute Gasteiger partial charge is 0.422 e. The van der Waals surface area contributed by atoms with Gasteiger partial charge in [-0.05, 0) is 25.1 Å². The van der Waals surface area contributed by atoms with Gasteiger partial charge >= 0.3 is 6.18 Å². The molecule has 6 nitrogen and oxygen atoms in total. The van der Waals surface area contributed by atoms with Crippen molar-refractivity contribution in [1.29, 1.82) is 0 Å². The minimum atomic E-state index is -4.53. The van der Waals surface area contributed by atoms with Gasteiger partial charge in [0, 0.05) is 18.2 Å². The summed E-state index contributed by atoms with van der Waals surface area (Å²) in [5.74, 6) is -0.255. The van der Waals surface area contributed by atoms with Crippen LogP contribution in [0.3, 0.4) is 0 Å². The molecule has 0 aromatic heterocycles. The number of hydrogen-bond acceptors (Lipinski definition) is 4. The Labute approximate surface area is 147 Å². The summed E-state index contributed by atoms with van der Waals surface area (Å²) >= 11 is 5.18. The molecule has 0 aliphatic heterocycles. The second-order valence-electron chi connectivity index (χ2n) is 5.81. The molecule has 1 aliphatic rings. The Morgan fingerprint density at radius 2 is 1.96 bits per heavy atom. The zero-order valence-electron chi connectivity index (χ0n) is 13.3. The molecule has 1 aromatic rings. The standard InChI is InChI=1S/C15H18F3N3O3S/c16-15(17,18)9-24-13-7-11(6-12(8-13)21(22)23)20-14(25)19-10-4-2-1-3-5-10/h6-8,10H,1-5,9H2,(H2,19,20,25). The zero-order chi connectivity index (χ0) is 18.4. The fourth-order valence-electron chi connectivity index (χ4n) is 2.61. The lowest BCUT2D eigenvalue weighted by Gasteiger charge is -2.24. The van der Waals surface area contributed by atoms with Gasteiger partial charge in [-0.3, -0.25) is 10.1 Å². The fraction of sp³-hybridized carbons (Fsp3) is 0.533. The number of halogens is 3. The van der Waals surface area contributed by atoms with E-state index in [0.29, 0.717) is 0 Å². The highest BCUT2D eigenvalue weighted by molar-refractivity contribution is 7.80. The summed E-state index contributed by atoms with van der Waals surface area (Å²) in [7, 11) is 0. The van der Waals surface area contributed by atoms with Crippen LogP contribution in [0.5, 0.6) is 5.75 Å². The first-order chi connectivity index (χ1) is 11.7. The van der Waals surface area contributed by atoms with Crippen LogP contribution in [0, 0.1) is 10.1 Å². The zero-order valence-corrected chi connectivity index (χ0v) is 14.1. The van der Waals surface area contributed by atoms with Gasteiger partial charge < -0.3 is 15.4 Å². The number of nitrogens with zero attached hydrogens (tertiary/aromatic N) is 1. The average molecular weight is 377 g/mol. The largest absolute Gasteiger partial charge is 0.484 e. The molecule has 0 amide bonds. The van der Waals surface area contributed by atoms with E-state index in [2.05, 4.69) is 15.4 Å². The number of rotatable bonds is 5. The summed E-state index contributed by atoms with van der Waals surface area (Å²) in [5.41, 5.74) is -0.192. The molecule has 0 bridgehead atoms. The summed E-state index contributed by atoms with van der Waals surface area (Å²) < 4.78 is 41.4. The third-order valence-corrected chi connectivity index (χ3v) is 3.92. The maximum absolute atomic E-state index is 12.3. The van der Waals surface area contributed by atoms with E-state index in [9.17, 15) is 23.3 Å². The first-order valence-electron chi connectivity index (χ1n) is 7.79. The van der Waals surface area contributed by atoms with Crippen LogP contribution in [0.4, 0.5) is 24.5 Å². The van der Waals surface area contributed by atoms with Crippen LogP contribution in [0.2, 0.25) is 0 Å². The van der Waals surface area contributed by atoms with E-state index in [4.69, 9.17) is 12.2 Å². The van der Waals surface area contributed by atoms with Gasteiger partial charge in [0.15, 0.2) is 11.7 Å². The predicted octanol–water partition coefficient (Wildman–Crippen LogP) is 4.16. The number of ether oxygens (including phenoxy) is 1. The summed E-state index contributed by atoms with van der Waals surface area (Å²) in [6.45, 7) is -1.53. The molecule has 138 valence electrons. The maximum atomic E-state index is 12.3. The molecule has 1 fully saturated rings. The van der Waals surface area contributed by atoms with Crippen LogP contribution < -0.4 is 15.4 Å². The Kier molecular flexibility index (Phi) is 6.40. The van der Waals surface area contributed by atoms with Crippen molar-refractivity contribution < 1.29 is 22.8 Å². The highest BCUT2D eigenvalue weighted by atomic mass is 32.1. The minimum Gasteiger partial charge on any atom is -0.484 e. The van der Waals surface area contributed by atoms with Gasteiger partial charge in [0.2, 0.25) is 0 Å². The highest BCUT2D eigenvalue weighted by Crippen LogP contribution is 2.28. The number of nitro groups is 1. The number of thiocarbonyl (C=S) groups is 1. The number of alkyl halides is 3. The Bertz CT molecular complexity index is 634. The molecule has 10 heteroatoms. The summed E-state index contributed by atoms with van der Waals surface area (Å²) in [6, 6.07) is 3.60. The number of nitro benzene ring substituents is 1. The van der Waals surface area contributed by atoms with E-state index in [0.717, 1.165) is 31.7 Å². The van der Waals surface area contributed by atoms with E-state index in [1.54, 1.807) is 0 Å². The van der Waals surface area contributed by atoms with Crippen LogP contribution in [-0.2, 0) is 0 Å². The van der Waals surface area contributed by atoms with Gasteiger partial charge in [0.05, 0.1) is 16.7 Å². The molecule has 1 saturated carbocycles. The molecule has 0 atom stereocenters. The van der Waals surface area contributed by atoms with E-state index in [1.165, 1.54) is 18.6 Å². The van der Waals surface area contributed by atoms with Gasteiger partial charge in [-0.1, -0.05) is 19.3 Å². The molecule has 0 unspecified atom stereocenters. The molecule has 0 saturated heterocycles. The minimum absolute atomic E-state index is 0.194. The van der Waals surface area contributed by atoms with Crippen molar-refractivity contribution in [2.45, 2.75) is 44.3 Å². The Balaban J connectivity index is 2.05. The van der Waals surface area contributed by atoms with Crippen LogP contribution >= 0.6 is 12.2 Å². The first-order valence-corrected chi connectivity index (χ1v) is 8.20. The fourth-order valence-corrected chi connectivity index (χ4v) is 2.89. The molecular weight excluding hydrogens is 359 g/mol. The third-order valence-electron chi connectivity index (χ3n) is 3.70. The van der Waals surface area contributed by atoms with Gasteiger partial charge in [0.25, 0.3) is 5.69 Å². The van der Waals surface area contributed by atoms with E-state index < -0.39 is 17.7 Å². The maximum Gasteiger partial charge on any atom is 0.422 e. The number of anilines is 1. The number of non-ortho nitro benzene ring substituents is 1. The molecule has 0 heterocycles. The van der Waals surface area contributed by atoms with Crippen molar-refractivity contribution in [3.63, 3.8) is 0 Å². The molecule has 1 aliphatic carbocycles. The molecular formula is C15H18F3N3O3S. The van der Waals surface area contributed by atoms with Crippen molar-refractivity contribution in [3.8, 4) is 5.75 Å². The van der Waals surface area contributed by atoms with Crippen molar-refractivity contribution in [1.82, 2.24) is 5.32 Å². The van der Waals surface area contributed by atoms with E-state index in [1.807, 2.05) is 0 Å². The normalized spacial score (nSPS) is 15.5. The van der Waals surface area contributed by atoms with Crippen molar-refractivity contribution >= 4 is 28.7 Å². The van der Waals surface area contributed by atoms with E-state index in [-0.39, 0.29) is 28.3 Å². The monoisotopic (exact) mass is 377 g/mol. The molecule has 25 heavy (non-hydrogen) atoms. The number of nitrogens with one attached hydrogen (secondary N) is 2. The summed E-state index contributed by atoms with van der Waals surface area (Å²) in [4.78, 5) is 10.3. The lowest BCUT2D eigenvalue weighted by molar-refractivity contribution is -0.384. The molecule has 0 spiro atoms. The lowest BCUT2D eigenvalue weighted by Crippen LogP contribution is -2.38. The van der Waals surface area contributed by atoms with Crippen LogP contribution in [0.15, 0.2) is 18.2 Å². The molecule has 0 radical (unpaired) electrons. The highest BCUT2D eigenvalue weighted by Gasteiger charge is 2.28. The third kappa shape index (κ3) is 6.73. The topological polar surface area (TPSA) is 76.4 Å². The van der Waals surface area contributed by atoms with Gasteiger partial charge in [-0.2, -0.15) is 13.2 Å². The summed E-state index contributed by atoms with van der Waals surface area (Å²) in [5, 5.41) is 17.1. The van der Waals surface area contributed by atoms with Crippen LogP contribution in [0.25, 0.3) is 0 Å². The van der Waals surface area contributed by atoms with Crippen LogP contribution in [-0.4, -0.2) is 28.9 Å². The second-order valence-corrected chi connectivity index (χ2v) is 6.22. The predicted molar refractivity (Wildman–Crippen MR) is 90.9 cm³/mol. The summed E-state index contributed by atoms with van der Waals surface area (Å²) in [6.07, 6.45) is 0.825. The van der Waals surface area contributed by atoms with Gasteiger partial charge in [0.1, 0.15) is 5.75 Å². The lowest BCUT2D eigenvalue weighted by atomic mass is 9.96. The van der Waals surface area contributed by atoms with Crippen LogP contribution in [0.1, 0.15) is 32.1 Å². The quantitative estimate of drug-likeness (QED) is 0.456. The average Bonchev–Trinajstić information content (AvgIpc) is 2.53. The Morgan fingerprint density at radius 1 is 1.28 bits per heavy atom. The Morgan fingerprint density at radius 3 is 2.56 bits per heavy atom. The number of benzene rings is 1. The Hall–Kier alpha value is -2.10. The second kappa shape index (κ2) is 8.32. The van der Waals surface area contributed by atoms with Crippen molar-refractivity contribution in [2.24, 2.45) is 0 Å². The first kappa shape index (κ1) is 19.2. The van der Waals surface area contributed by atoms with Crippen molar-refractivity contribution in [2.75, 3.05) is 11.9 Å². The van der Waals surface area contributed by atoms with Gasteiger partial charge in [-0.15, -0.1) is 0 Å². The molecule has 2 N–H and O–H groups in total. The molecule has 2 rings (SSSR count). The molecule has 1 aromatic carbocycles.